The molecule has 3 rings (SSSR count). The van der Waals surface area contributed by atoms with E-state index in [0.29, 0.717) is 11.4 Å². The minimum absolute atomic E-state index is 0.188. The predicted octanol–water partition coefficient (Wildman–Crippen LogP) is 4.01. The number of rotatable bonds is 4. The number of urea groups is 1. The number of nitrogens with zero attached hydrogens (tertiary/aromatic N) is 1. The van der Waals surface area contributed by atoms with E-state index in [9.17, 15) is 9.59 Å². The summed E-state index contributed by atoms with van der Waals surface area (Å²) in [6.07, 6.45) is 6.88. The van der Waals surface area contributed by atoms with Gasteiger partial charge in [-0.05, 0) is 81.1 Å². The van der Waals surface area contributed by atoms with Gasteiger partial charge in [-0.1, -0.05) is 24.1 Å². The van der Waals surface area contributed by atoms with Gasteiger partial charge in [0, 0.05) is 0 Å². The minimum Gasteiger partial charge on any atom is -0.479 e. The number of para-hydroxylation sites is 1. The molecule has 0 spiro atoms. The molecule has 0 bridgehead atoms. The van der Waals surface area contributed by atoms with Gasteiger partial charge >= 0.3 is 6.03 Å². The molecule has 1 fully saturated rings. The molecule has 1 aliphatic heterocycles. The van der Waals surface area contributed by atoms with Crippen LogP contribution in [0.3, 0.4) is 0 Å². The van der Waals surface area contributed by atoms with Crippen LogP contribution in [-0.4, -0.2) is 18.5 Å². The second-order valence-corrected chi connectivity index (χ2v) is 7.60. The number of hydrogen-bond acceptors (Lipinski definition) is 3. The second-order valence-electron chi connectivity index (χ2n) is 5.27. The number of anilines is 1. The number of benzene rings is 2. The average Bonchev–Trinajstić information content (AvgIpc) is 2.88. The Balaban J connectivity index is 1.90. The third kappa shape index (κ3) is 3.86. The molecule has 26 heavy (non-hydrogen) atoms. The Morgan fingerprint density at radius 3 is 2.42 bits per heavy atom. The summed E-state index contributed by atoms with van der Waals surface area (Å²) in [7, 11) is 0. The molecule has 0 aliphatic carbocycles. The summed E-state index contributed by atoms with van der Waals surface area (Å²) in [5, 5.41) is 2.62. The van der Waals surface area contributed by atoms with Crippen molar-refractivity contribution in [1.82, 2.24) is 5.32 Å². The monoisotopic (exact) mass is 570 g/mol. The summed E-state index contributed by atoms with van der Waals surface area (Å²) in [6.45, 7) is 0.188. The number of carbonyl (C=O) groups excluding carboxylic acids is 2. The van der Waals surface area contributed by atoms with Crippen molar-refractivity contribution in [1.29, 1.82) is 0 Å². The van der Waals surface area contributed by atoms with Crippen molar-refractivity contribution in [2.24, 2.45) is 0 Å². The Labute approximate surface area is 178 Å². The molecule has 130 valence electrons. The van der Waals surface area contributed by atoms with Gasteiger partial charge in [-0.2, -0.15) is 0 Å². The Morgan fingerprint density at radius 1 is 1.15 bits per heavy atom. The average molecular weight is 570 g/mol. The third-order valence-corrected chi connectivity index (χ3v) is 5.13. The van der Waals surface area contributed by atoms with Crippen molar-refractivity contribution < 1.29 is 14.3 Å². The smallest absolute Gasteiger partial charge is 0.333 e. The lowest BCUT2D eigenvalue weighted by Crippen LogP contribution is -2.30. The molecular weight excluding hydrogens is 558 g/mol. The van der Waals surface area contributed by atoms with E-state index in [1.165, 1.54) is 0 Å². The van der Waals surface area contributed by atoms with Crippen molar-refractivity contribution in [2.75, 3.05) is 11.5 Å². The Hall–Kier alpha value is -2.06. The van der Waals surface area contributed by atoms with E-state index < -0.39 is 6.03 Å². The van der Waals surface area contributed by atoms with E-state index in [0.717, 1.165) is 17.6 Å². The van der Waals surface area contributed by atoms with Crippen LogP contribution in [0.2, 0.25) is 0 Å². The summed E-state index contributed by atoms with van der Waals surface area (Å²) in [5.41, 5.74) is 1.54. The van der Waals surface area contributed by atoms with E-state index in [1.54, 1.807) is 30.3 Å². The summed E-state index contributed by atoms with van der Waals surface area (Å²) < 4.78 is 7.28. The summed E-state index contributed by atoms with van der Waals surface area (Å²) in [5.74, 6) is 2.75. The first-order chi connectivity index (χ1) is 12.5. The Kier molecular flexibility index (Phi) is 5.83. The highest BCUT2D eigenvalue weighted by Crippen LogP contribution is 2.30. The molecule has 0 aromatic heterocycles. The van der Waals surface area contributed by atoms with Crippen molar-refractivity contribution in [3.05, 3.63) is 60.9 Å². The number of ether oxygens (including phenoxy) is 1. The van der Waals surface area contributed by atoms with Crippen molar-refractivity contribution in [3.63, 3.8) is 0 Å². The van der Waals surface area contributed by atoms with Crippen molar-refractivity contribution in [3.8, 4) is 18.1 Å². The highest BCUT2D eigenvalue weighted by atomic mass is 127. The first-order valence-corrected chi connectivity index (χ1v) is 9.64. The SMILES string of the molecule is C#CCOc1c(I)cc(/C=C2\NC(=O)N(c3ccccc3)C2=O)cc1I. The molecule has 0 unspecified atom stereocenters. The van der Waals surface area contributed by atoms with Crippen LogP contribution in [0.5, 0.6) is 5.75 Å². The summed E-state index contributed by atoms with van der Waals surface area (Å²) >= 11 is 4.30. The molecule has 1 aliphatic rings. The number of terminal acetylenes is 1. The van der Waals surface area contributed by atoms with E-state index in [2.05, 4.69) is 56.4 Å². The summed E-state index contributed by atoms with van der Waals surface area (Å²) in [4.78, 5) is 25.9. The molecule has 2 aromatic carbocycles. The van der Waals surface area contributed by atoms with Crippen molar-refractivity contribution in [2.45, 2.75) is 0 Å². The number of halogens is 2. The minimum atomic E-state index is -0.467. The molecular formula is C19H12I2N2O3. The quantitative estimate of drug-likeness (QED) is 0.262. The Bertz CT molecular complexity index is 926. The van der Waals surface area contributed by atoms with Gasteiger partial charge in [0.1, 0.15) is 18.1 Å². The topological polar surface area (TPSA) is 58.6 Å². The number of imide groups is 1. The van der Waals surface area contributed by atoms with E-state index in [1.807, 2.05) is 18.2 Å². The molecule has 3 amide bonds. The number of carbonyl (C=O) groups is 2. The van der Waals surface area contributed by atoms with Gasteiger partial charge in [-0.15, -0.1) is 6.42 Å². The maximum Gasteiger partial charge on any atom is 0.333 e. The molecule has 7 heteroatoms. The lowest BCUT2D eigenvalue weighted by Gasteiger charge is -2.11. The fourth-order valence-corrected chi connectivity index (χ4v) is 4.56. The molecule has 0 saturated carbocycles. The predicted molar refractivity (Wildman–Crippen MR) is 117 cm³/mol. The molecule has 0 radical (unpaired) electrons. The summed E-state index contributed by atoms with van der Waals surface area (Å²) in [6, 6.07) is 12.1. The fraction of sp³-hybridized carbons (Fsp3) is 0.0526. The van der Waals surface area contributed by atoms with Crippen molar-refractivity contribution >= 4 is 68.9 Å². The lowest BCUT2D eigenvalue weighted by molar-refractivity contribution is -0.113. The van der Waals surface area contributed by atoms with Crippen LogP contribution in [0.4, 0.5) is 10.5 Å². The van der Waals surface area contributed by atoms with Gasteiger partial charge in [0.15, 0.2) is 0 Å². The van der Waals surface area contributed by atoms with Crippen LogP contribution >= 0.6 is 45.2 Å². The third-order valence-electron chi connectivity index (χ3n) is 3.52. The lowest BCUT2D eigenvalue weighted by atomic mass is 10.2. The Morgan fingerprint density at radius 2 is 1.81 bits per heavy atom. The first-order valence-electron chi connectivity index (χ1n) is 7.48. The normalized spacial score (nSPS) is 15.1. The van der Waals surface area contributed by atoms with Crippen LogP contribution in [0.1, 0.15) is 5.56 Å². The molecule has 2 aromatic rings. The van der Waals surface area contributed by atoms with Crippen LogP contribution < -0.4 is 15.0 Å². The molecule has 0 atom stereocenters. The number of hydrogen-bond donors (Lipinski definition) is 1. The van der Waals surface area contributed by atoms with Crippen LogP contribution in [0, 0.1) is 19.5 Å². The van der Waals surface area contributed by atoms with E-state index in [-0.39, 0.29) is 18.2 Å². The van der Waals surface area contributed by atoms with E-state index >= 15 is 0 Å². The number of amides is 3. The van der Waals surface area contributed by atoms with Gasteiger partial charge in [0.25, 0.3) is 5.91 Å². The first kappa shape index (κ1) is 18.7. The zero-order chi connectivity index (χ0) is 18.7. The maximum atomic E-state index is 12.6. The van der Waals surface area contributed by atoms with Gasteiger partial charge in [0.05, 0.1) is 12.8 Å². The standard InChI is InChI=1S/C19H12I2N2O3/c1-2-8-26-17-14(20)9-12(10-15(17)21)11-16-18(24)23(19(25)22-16)13-6-4-3-5-7-13/h1,3-7,9-11H,8H2,(H,22,25)/b16-11-. The van der Waals surface area contributed by atoms with Crippen LogP contribution in [0.25, 0.3) is 6.08 Å². The molecule has 5 nitrogen and oxygen atoms in total. The van der Waals surface area contributed by atoms with Gasteiger partial charge < -0.3 is 10.1 Å². The number of nitrogens with one attached hydrogen (secondary N) is 1. The fourth-order valence-electron chi connectivity index (χ4n) is 2.43. The van der Waals surface area contributed by atoms with Crippen LogP contribution in [0.15, 0.2) is 48.2 Å². The zero-order valence-electron chi connectivity index (χ0n) is 13.3. The molecule has 1 N–H and O–H groups in total. The van der Waals surface area contributed by atoms with Gasteiger partial charge in [0.2, 0.25) is 0 Å². The van der Waals surface area contributed by atoms with Crippen LogP contribution in [-0.2, 0) is 4.79 Å². The second kappa shape index (κ2) is 8.09. The molecule has 1 saturated heterocycles. The van der Waals surface area contributed by atoms with Gasteiger partial charge in [-0.3, -0.25) is 4.79 Å². The maximum absolute atomic E-state index is 12.6. The zero-order valence-corrected chi connectivity index (χ0v) is 17.6. The molecule has 1 heterocycles. The van der Waals surface area contributed by atoms with E-state index in [4.69, 9.17) is 11.2 Å². The largest absolute Gasteiger partial charge is 0.479 e. The highest BCUT2D eigenvalue weighted by Gasteiger charge is 2.34. The highest BCUT2D eigenvalue weighted by molar-refractivity contribution is 14.1. The van der Waals surface area contributed by atoms with Gasteiger partial charge in [-0.25, -0.2) is 9.69 Å².